The Morgan fingerprint density at radius 3 is 2.88 bits per heavy atom. The maximum Gasteiger partial charge on any atom is 0.272 e. The molecule has 1 saturated heterocycles. The highest BCUT2D eigenvalue weighted by Crippen LogP contribution is 2.23. The molecule has 88 valence electrons. The Labute approximate surface area is 93.2 Å². The quantitative estimate of drug-likeness (QED) is 0.812. The molecule has 2 heterocycles. The largest absolute Gasteiger partial charge is 0.396 e. The van der Waals surface area contributed by atoms with E-state index >= 15 is 0 Å². The van der Waals surface area contributed by atoms with Crippen molar-refractivity contribution < 1.29 is 14.4 Å². The van der Waals surface area contributed by atoms with Crippen molar-refractivity contribution in [2.75, 3.05) is 18.1 Å². The van der Waals surface area contributed by atoms with Gasteiger partial charge in [-0.3, -0.25) is 9.69 Å². The third-order valence-corrected chi connectivity index (χ3v) is 2.63. The molecule has 1 fully saturated rings. The third-order valence-electron chi connectivity index (χ3n) is 2.63. The van der Waals surface area contributed by atoms with E-state index in [9.17, 15) is 4.79 Å². The number of hydrogen-bond acceptors (Lipinski definition) is 5. The van der Waals surface area contributed by atoms with Gasteiger partial charge in [-0.2, -0.15) is 4.98 Å². The Morgan fingerprint density at radius 2 is 2.38 bits per heavy atom. The normalized spacial score (nSPS) is 21.1. The lowest BCUT2D eigenvalue weighted by molar-refractivity contribution is -0.117. The Hall–Kier alpha value is -1.43. The van der Waals surface area contributed by atoms with Gasteiger partial charge in [0.1, 0.15) is 0 Å². The van der Waals surface area contributed by atoms with Crippen molar-refractivity contribution in [2.45, 2.75) is 26.2 Å². The van der Waals surface area contributed by atoms with Crippen LogP contribution in [0.5, 0.6) is 0 Å². The molecule has 1 amide bonds. The topological polar surface area (TPSA) is 79.5 Å². The molecule has 6 nitrogen and oxygen atoms in total. The van der Waals surface area contributed by atoms with Gasteiger partial charge in [-0.25, -0.2) is 0 Å². The van der Waals surface area contributed by atoms with E-state index in [-0.39, 0.29) is 24.3 Å². The number of hydrogen-bond donors (Lipinski definition) is 1. The molecule has 1 aliphatic heterocycles. The zero-order valence-corrected chi connectivity index (χ0v) is 9.38. The summed E-state index contributed by atoms with van der Waals surface area (Å²) in [6.45, 7) is 4.36. The van der Waals surface area contributed by atoms with Crippen LogP contribution in [0.2, 0.25) is 0 Å². The van der Waals surface area contributed by atoms with E-state index in [2.05, 4.69) is 10.1 Å². The van der Waals surface area contributed by atoms with Crippen molar-refractivity contribution in [3.05, 3.63) is 5.89 Å². The highest BCUT2D eigenvalue weighted by molar-refractivity contribution is 5.93. The first-order valence-electron chi connectivity index (χ1n) is 5.36. The first kappa shape index (κ1) is 11.1. The summed E-state index contributed by atoms with van der Waals surface area (Å²) in [5.74, 6) is 0.899. The second-order valence-corrected chi connectivity index (χ2v) is 4.34. The number of anilines is 1. The molecule has 0 saturated carbocycles. The van der Waals surface area contributed by atoms with Crippen LogP contribution in [-0.4, -0.2) is 34.3 Å². The van der Waals surface area contributed by atoms with Gasteiger partial charge in [-0.15, -0.1) is 0 Å². The lowest BCUT2D eigenvalue weighted by atomic mass is 10.1. The summed E-state index contributed by atoms with van der Waals surface area (Å²) in [7, 11) is 0. The molecule has 2 rings (SSSR count). The summed E-state index contributed by atoms with van der Waals surface area (Å²) in [4.78, 5) is 17.2. The molecule has 1 N–H and O–H groups in total. The first-order chi connectivity index (χ1) is 7.61. The van der Waals surface area contributed by atoms with Crippen LogP contribution in [0, 0.1) is 5.92 Å². The maximum atomic E-state index is 11.6. The minimum absolute atomic E-state index is 0.0110. The molecule has 6 heteroatoms. The number of aromatic nitrogens is 2. The van der Waals surface area contributed by atoms with E-state index in [1.54, 1.807) is 0 Å². The molecule has 1 aromatic rings. The zero-order valence-electron chi connectivity index (χ0n) is 9.38. The van der Waals surface area contributed by atoms with E-state index in [1.807, 2.05) is 13.8 Å². The van der Waals surface area contributed by atoms with Crippen molar-refractivity contribution in [1.29, 1.82) is 0 Å². The number of aliphatic hydroxyl groups excluding tert-OH is 1. The van der Waals surface area contributed by atoms with E-state index in [0.29, 0.717) is 24.8 Å². The maximum absolute atomic E-state index is 11.6. The average molecular weight is 225 g/mol. The SMILES string of the molecule is CC(C)c1nc(N2CC(CO)CC2=O)no1. The molecule has 1 unspecified atom stereocenters. The van der Waals surface area contributed by atoms with E-state index in [4.69, 9.17) is 9.63 Å². The van der Waals surface area contributed by atoms with Crippen LogP contribution in [0.1, 0.15) is 32.1 Å². The average Bonchev–Trinajstić information content (AvgIpc) is 2.83. The molecule has 0 radical (unpaired) electrons. The fraction of sp³-hybridized carbons (Fsp3) is 0.700. The van der Waals surface area contributed by atoms with Crippen molar-refractivity contribution in [3.63, 3.8) is 0 Å². The van der Waals surface area contributed by atoms with Gasteiger partial charge in [0.15, 0.2) is 0 Å². The Kier molecular flexibility index (Phi) is 2.91. The van der Waals surface area contributed by atoms with Crippen LogP contribution in [0.25, 0.3) is 0 Å². The summed E-state index contributed by atoms with van der Waals surface area (Å²) < 4.78 is 5.04. The Bertz CT molecular complexity index is 388. The lowest BCUT2D eigenvalue weighted by Crippen LogP contribution is -2.26. The van der Waals surface area contributed by atoms with Crippen molar-refractivity contribution in [2.24, 2.45) is 5.92 Å². The number of carbonyl (C=O) groups excluding carboxylic acids is 1. The summed E-state index contributed by atoms with van der Waals surface area (Å²) in [5.41, 5.74) is 0. The number of rotatable bonds is 3. The fourth-order valence-electron chi connectivity index (χ4n) is 1.67. The third kappa shape index (κ3) is 1.92. The Balaban J connectivity index is 2.15. The molecule has 1 aliphatic rings. The molecule has 1 aromatic heterocycles. The summed E-state index contributed by atoms with van der Waals surface area (Å²) >= 11 is 0. The highest BCUT2D eigenvalue weighted by atomic mass is 16.5. The predicted octanol–water partition coefficient (Wildman–Crippen LogP) is 0.538. The molecule has 16 heavy (non-hydrogen) atoms. The molecule has 0 spiro atoms. The van der Waals surface area contributed by atoms with Gasteiger partial charge in [0.05, 0.1) is 0 Å². The summed E-state index contributed by atoms with van der Waals surface area (Å²) in [6, 6.07) is 0. The number of amides is 1. The van der Waals surface area contributed by atoms with Crippen LogP contribution in [0.15, 0.2) is 4.52 Å². The lowest BCUT2D eigenvalue weighted by Gasteiger charge is -2.09. The van der Waals surface area contributed by atoms with Crippen LogP contribution >= 0.6 is 0 Å². The minimum Gasteiger partial charge on any atom is -0.396 e. The second-order valence-electron chi connectivity index (χ2n) is 4.34. The van der Waals surface area contributed by atoms with E-state index in [1.165, 1.54) is 4.90 Å². The van der Waals surface area contributed by atoms with Gasteiger partial charge in [0, 0.05) is 31.4 Å². The van der Waals surface area contributed by atoms with Crippen molar-refractivity contribution >= 4 is 11.9 Å². The summed E-state index contributed by atoms with van der Waals surface area (Å²) in [5, 5.41) is 12.8. The number of aliphatic hydroxyl groups is 1. The smallest absolute Gasteiger partial charge is 0.272 e. The van der Waals surface area contributed by atoms with Gasteiger partial charge in [0.25, 0.3) is 5.95 Å². The minimum atomic E-state index is -0.0600. The van der Waals surface area contributed by atoms with Crippen LogP contribution < -0.4 is 4.90 Å². The van der Waals surface area contributed by atoms with Crippen molar-refractivity contribution in [1.82, 2.24) is 10.1 Å². The van der Waals surface area contributed by atoms with Gasteiger partial charge in [0.2, 0.25) is 11.8 Å². The predicted molar refractivity (Wildman–Crippen MR) is 55.9 cm³/mol. The molecular formula is C10H15N3O3. The van der Waals surface area contributed by atoms with Gasteiger partial charge in [-0.05, 0) is 5.16 Å². The number of carbonyl (C=O) groups is 1. The standard InChI is InChI=1S/C10H15N3O3/c1-6(2)9-11-10(12-16-9)13-4-7(5-14)3-8(13)15/h6-7,14H,3-5H2,1-2H3. The van der Waals surface area contributed by atoms with Crippen LogP contribution in [0.4, 0.5) is 5.95 Å². The van der Waals surface area contributed by atoms with E-state index in [0.717, 1.165) is 0 Å². The molecule has 0 bridgehead atoms. The second kappa shape index (κ2) is 4.21. The molecule has 1 atom stereocenters. The summed E-state index contributed by atoms with van der Waals surface area (Å²) in [6.07, 6.45) is 0.349. The fourth-order valence-corrected chi connectivity index (χ4v) is 1.67. The van der Waals surface area contributed by atoms with Crippen molar-refractivity contribution in [3.8, 4) is 0 Å². The van der Waals surface area contributed by atoms with Crippen LogP contribution in [-0.2, 0) is 4.79 Å². The molecule has 0 aliphatic carbocycles. The number of nitrogens with zero attached hydrogens (tertiary/aromatic N) is 3. The van der Waals surface area contributed by atoms with Gasteiger partial charge in [-0.1, -0.05) is 13.8 Å². The van der Waals surface area contributed by atoms with Gasteiger partial charge >= 0.3 is 0 Å². The van der Waals surface area contributed by atoms with E-state index < -0.39 is 0 Å². The van der Waals surface area contributed by atoms with Gasteiger partial charge < -0.3 is 9.63 Å². The Morgan fingerprint density at radius 1 is 1.62 bits per heavy atom. The highest BCUT2D eigenvalue weighted by Gasteiger charge is 2.33. The molecule has 0 aromatic carbocycles. The monoisotopic (exact) mass is 225 g/mol. The van der Waals surface area contributed by atoms with Crippen LogP contribution in [0.3, 0.4) is 0 Å². The zero-order chi connectivity index (χ0) is 11.7. The molecular weight excluding hydrogens is 210 g/mol. The first-order valence-corrected chi connectivity index (χ1v) is 5.36.